The van der Waals surface area contributed by atoms with E-state index in [1.54, 1.807) is 0 Å². The van der Waals surface area contributed by atoms with Crippen LogP contribution in [0.5, 0.6) is 0 Å². The van der Waals surface area contributed by atoms with Crippen LogP contribution in [0.3, 0.4) is 0 Å². The minimum absolute atomic E-state index is 0.00537. The third-order valence-electron chi connectivity index (χ3n) is 4.27. The van der Waals surface area contributed by atoms with Gasteiger partial charge in [-0.15, -0.1) is 0 Å². The molecule has 5 nitrogen and oxygen atoms in total. The summed E-state index contributed by atoms with van der Waals surface area (Å²) in [5, 5.41) is 3.00. The van der Waals surface area contributed by atoms with Crippen LogP contribution < -0.4 is 11.1 Å². The SMILES string of the molecule is NCC1CCCC1COCC(=O)NC1CCOCC1. The fourth-order valence-corrected chi connectivity index (χ4v) is 3.06. The Bertz CT molecular complexity index is 280. The zero-order chi connectivity index (χ0) is 13.5. The molecule has 2 rings (SSSR count). The lowest BCUT2D eigenvalue weighted by Crippen LogP contribution is -2.41. The molecule has 1 amide bonds. The zero-order valence-electron chi connectivity index (χ0n) is 11.6. The molecule has 1 saturated heterocycles. The maximum atomic E-state index is 11.7. The third kappa shape index (κ3) is 4.75. The molecule has 5 heteroatoms. The van der Waals surface area contributed by atoms with E-state index in [1.165, 1.54) is 19.3 Å². The number of ether oxygens (including phenoxy) is 2. The van der Waals surface area contributed by atoms with Gasteiger partial charge in [0, 0.05) is 19.3 Å². The van der Waals surface area contributed by atoms with Gasteiger partial charge in [0.2, 0.25) is 5.91 Å². The van der Waals surface area contributed by atoms with E-state index in [1.807, 2.05) is 0 Å². The van der Waals surface area contributed by atoms with Gasteiger partial charge in [0.25, 0.3) is 0 Å². The summed E-state index contributed by atoms with van der Waals surface area (Å²) in [6.45, 7) is 3.06. The fourth-order valence-electron chi connectivity index (χ4n) is 3.06. The van der Waals surface area contributed by atoms with Gasteiger partial charge in [-0.1, -0.05) is 6.42 Å². The van der Waals surface area contributed by atoms with Crippen molar-refractivity contribution in [3.8, 4) is 0 Å². The van der Waals surface area contributed by atoms with Crippen LogP contribution in [0.15, 0.2) is 0 Å². The highest BCUT2D eigenvalue weighted by Gasteiger charge is 2.26. The molecular weight excluding hydrogens is 244 g/mol. The lowest BCUT2D eigenvalue weighted by atomic mass is 9.97. The second kappa shape index (κ2) is 7.82. The summed E-state index contributed by atoms with van der Waals surface area (Å²) in [5.41, 5.74) is 5.73. The van der Waals surface area contributed by atoms with Crippen molar-refractivity contribution in [1.82, 2.24) is 5.32 Å². The Morgan fingerprint density at radius 3 is 2.68 bits per heavy atom. The van der Waals surface area contributed by atoms with Crippen molar-refractivity contribution < 1.29 is 14.3 Å². The summed E-state index contributed by atoms with van der Waals surface area (Å²) in [5.74, 6) is 1.12. The Labute approximate surface area is 115 Å². The number of hydrogen-bond donors (Lipinski definition) is 2. The van der Waals surface area contributed by atoms with Crippen molar-refractivity contribution in [1.29, 1.82) is 0 Å². The van der Waals surface area contributed by atoms with Gasteiger partial charge in [-0.2, -0.15) is 0 Å². The zero-order valence-corrected chi connectivity index (χ0v) is 11.6. The number of nitrogens with two attached hydrogens (primary N) is 1. The van der Waals surface area contributed by atoms with Crippen molar-refractivity contribution in [2.75, 3.05) is 33.0 Å². The summed E-state index contributed by atoms with van der Waals surface area (Å²) in [6, 6.07) is 0.258. The van der Waals surface area contributed by atoms with E-state index in [9.17, 15) is 4.79 Å². The predicted molar refractivity (Wildman–Crippen MR) is 72.7 cm³/mol. The molecule has 2 fully saturated rings. The number of hydrogen-bond acceptors (Lipinski definition) is 4. The maximum absolute atomic E-state index is 11.7. The van der Waals surface area contributed by atoms with Crippen LogP contribution in [0.4, 0.5) is 0 Å². The van der Waals surface area contributed by atoms with Gasteiger partial charge in [-0.25, -0.2) is 0 Å². The Morgan fingerprint density at radius 1 is 1.21 bits per heavy atom. The smallest absolute Gasteiger partial charge is 0.246 e. The van der Waals surface area contributed by atoms with Crippen LogP contribution in [-0.4, -0.2) is 44.9 Å². The maximum Gasteiger partial charge on any atom is 0.246 e. The first-order valence-corrected chi connectivity index (χ1v) is 7.44. The van der Waals surface area contributed by atoms with Crippen LogP contribution in [0.2, 0.25) is 0 Å². The molecule has 3 N–H and O–H groups in total. The van der Waals surface area contributed by atoms with Gasteiger partial charge in [0.05, 0.1) is 6.61 Å². The van der Waals surface area contributed by atoms with Gasteiger partial charge in [-0.05, 0) is 44.1 Å². The predicted octanol–water partition coefficient (Wildman–Crippen LogP) is 0.673. The van der Waals surface area contributed by atoms with Gasteiger partial charge < -0.3 is 20.5 Å². The lowest BCUT2D eigenvalue weighted by molar-refractivity contribution is -0.127. The van der Waals surface area contributed by atoms with Crippen LogP contribution in [0.25, 0.3) is 0 Å². The third-order valence-corrected chi connectivity index (χ3v) is 4.27. The molecule has 2 atom stereocenters. The molecule has 1 aliphatic carbocycles. The molecule has 2 aliphatic rings. The number of rotatable bonds is 6. The van der Waals surface area contributed by atoms with E-state index in [-0.39, 0.29) is 18.6 Å². The fraction of sp³-hybridized carbons (Fsp3) is 0.929. The highest BCUT2D eigenvalue weighted by molar-refractivity contribution is 5.77. The van der Waals surface area contributed by atoms with Crippen molar-refractivity contribution >= 4 is 5.91 Å². The second-order valence-electron chi connectivity index (χ2n) is 5.66. The molecule has 0 radical (unpaired) electrons. The minimum atomic E-state index is -0.00537. The van der Waals surface area contributed by atoms with Gasteiger partial charge >= 0.3 is 0 Å². The molecule has 19 heavy (non-hydrogen) atoms. The van der Waals surface area contributed by atoms with E-state index in [2.05, 4.69) is 5.32 Å². The van der Waals surface area contributed by atoms with Crippen LogP contribution >= 0.6 is 0 Å². The van der Waals surface area contributed by atoms with E-state index < -0.39 is 0 Å². The monoisotopic (exact) mass is 270 g/mol. The molecule has 110 valence electrons. The second-order valence-corrected chi connectivity index (χ2v) is 5.66. The molecule has 1 heterocycles. The Balaban J connectivity index is 1.58. The lowest BCUT2D eigenvalue weighted by Gasteiger charge is -2.23. The molecule has 1 saturated carbocycles. The first-order valence-electron chi connectivity index (χ1n) is 7.44. The average molecular weight is 270 g/mol. The first-order chi connectivity index (χ1) is 9.29. The minimum Gasteiger partial charge on any atom is -0.381 e. The summed E-state index contributed by atoms with van der Waals surface area (Å²) in [4.78, 5) is 11.7. The number of carbonyl (C=O) groups excluding carboxylic acids is 1. The van der Waals surface area contributed by atoms with Crippen LogP contribution in [0.1, 0.15) is 32.1 Å². The topological polar surface area (TPSA) is 73.6 Å². The van der Waals surface area contributed by atoms with Gasteiger partial charge in [-0.3, -0.25) is 4.79 Å². The molecule has 0 aromatic carbocycles. The number of carbonyl (C=O) groups is 1. The van der Waals surface area contributed by atoms with Crippen molar-refractivity contribution in [2.45, 2.75) is 38.1 Å². The standard InChI is InChI=1S/C14H26N2O3/c15-8-11-2-1-3-12(11)9-19-10-14(17)16-13-4-6-18-7-5-13/h11-13H,1-10,15H2,(H,16,17). The van der Waals surface area contributed by atoms with Gasteiger partial charge in [0.1, 0.15) is 6.61 Å². The summed E-state index contributed by atoms with van der Waals surface area (Å²) < 4.78 is 10.8. The molecular formula is C14H26N2O3. The summed E-state index contributed by atoms with van der Waals surface area (Å²) >= 11 is 0. The van der Waals surface area contributed by atoms with Crippen molar-refractivity contribution in [2.24, 2.45) is 17.6 Å². The summed E-state index contributed by atoms with van der Waals surface area (Å²) in [6.07, 6.45) is 5.44. The normalized spacial score (nSPS) is 28.5. The highest BCUT2D eigenvalue weighted by atomic mass is 16.5. The molecule has 0 bridgehead atoms. The molecule has 0 spiro atoms. The highest BCUT2D eigenvalue weighted by Crippen LogP contribution is 2.30. The van der Waals surface area contributed by atoms with Crippen molar-refractivity contribution in [3.63, 3.8) is 0 Å². The first kappa shape index (κ1) is 14.8. The van der Waals surface area contributed by atoms with E-state index in [0.29, 0.717) is 18.4 Å². The average Bonchev–Trinajstić information content (AvgIpc) is 2.87. The number of nitrogens with one attached hydrogen (secondary N) is 1. The Morgan fingerprint density at radius 2 is 1.95 bits per heavy atom. The van der Waals surface area contributed by atoms with Crippen LogP contribution in [0, 0.1) is 11.8 Å². The largest absolute Gasteiger partial charge is 0.381 e. The number of amides is 1. The molecule has 0 aromatic rings. The quantitative estimate of drug-likeness (QED) is 0.744. The van der Waals surface area contributed by atoms with Crippen LogP contribution in [-0.2, 0) is 14.3 Å². The molecule has 2 unspecified atom stereocenters. The summed E-state index contributed by atoms with van der Waals surface area (Å²) in [7, 11) is 0. The van der Waals surface area contributed by atoms with Gasteiger partial charge in [0.15, 0.2) is 0 Å². The van der Waals surface area contributed by atoms with Crippen molar-refractivity contribution in [3.05, 3.63) is 0 Å². The molecule has 1 aliphatic heterocycles. The molecule has 0 aromatic heterocycles. The Kier molecular flexibility index (Phi) is 6.07. The van der Waals surface area contributed by atoms with E-state index in [0.717, 1.165) is 32.6 Å². The van der Waals surface area contributed by atoms with E-state index >= 15 is 0 Å². The van der Waals surface area contributed by atoms with E-state index in [4.69, 9.17) is 15.2 Å². The Hall–Kier alpha value is -0.650.